The Morgan fingerprint density at radius 1 is 1.25 bits per heavy atom. The molecule has 0 aliphatic rings. The molecule has 0 aliphatic heterocycles. The molecule has 0 spiro atoms. The van der Waals surface area contributed by atoms with Crippen LogP contribution in [0.3, 0.4) is 0 Å². The molecule has 6 heteroatoms. The van der Waals surface area contributed by atoms with Crippen molar-refractivity contribution in [1.29, 1.82) is 0 Å². The molecule has 1 aromatic heterocycles. The standard InChI is InChI=1S/C10H5BrCl3NO/c1-16-6-3-4(12)2-5-8(13)7(11)10(14)15-9(5)6/h2-3H,1H3. The van der Waals surface area contributed by atoms with E-state index in [9.17, 15) is 0 Å². The summed E-state index contributed by atoms with van der Waals surface area (Å²) in [4.78, 5) is 4.20. The molecule has 1 heterocycles. The summed E-state index contributed by atoms with van der Waals surface area (Å²) in [6, 6.07) is 3.38. The highest BCUT2D eigenvalue weighted by molar-refractivity contribution is 9.10. The highest BCUT2D eigenvalue weighted by Gasteiger charge is 2.14. The highest BCUT2D eigenvalue weighted by atomic mass is 79.9. The first-order chi connectivity index (χ1) is 7.54. The van der Waals surface area contributed by atoms with Crippen LogP contribution in [-0.4, -0.2) is 12.1 Å². The third kappa shape index (κ3) is 1.97. The fraction of sp³-hybridized carbons (Fsp3) is 0.100. The zero-order chi connectivity index (χ0) is 11.9. The van der Waals surface area contributed by atoms with Gasteiger partial charge >= 0.3 is 0 Å². The van der Waals surface area contributed by atoms with Gasteiger partial charge in [-0.2, -0.15) is 0 Å². The van der Waals surface area contributed by atoms with Crippen LogP contribution < -0.4 is 4.74 Å². The summed E-state index contributed by atoms with van der Waals surface area (Å²) in [5.41, 5.74) is 0.588. The Morgan fingerprint density at radius 2 is 1.94 bits per heavy atom. The van der Waals surface area contributed by atoms with E-state index in [2.05, 4.69) is 20.9 Å². The smallest absolute Gasteiger partial charge is 0.146 e. The van der Waals surface area contributed by atoms with E-state index >= 15 is 0 Å². The van der Waals surface area contributed by atoms with Crippen molar-refractivity contribution < 1.29 is 4.74 Å². The Morgan fingerprint density at radius 3 is 2.56 bits per heavy atom. The maximum atomic E-state index is 6.15. The van der Waals surface area contributed by atoms with Gasteiger partial charge in [0.1, 0.15) is 16.4 Å². The van der Waals surface area contributed by atoms with Crippen molar-refractivity contribution in [1.82, 2.24) is 4.98 Å². The van der Waals surface area contributed by atoms with Crippen molar-refractivity contribution in [2.75, 3.05) is 7.11 Å². The van der Waals surface area contributed by atoms with Crippen molar-refractivity contribution >= 4 is 61.6 Å². The topological polar surface area (TPSA) is 22.1 Å². The normalized spacial score (nSPS) is 10.8. The van der Waals surface area contributed by atoms with E-state index in [0.29, 0.717) is 31.2 Å². The number of hydrogen-bond acceptors (Lipinski definition) is 2. The molecule has 0 radical (unpaired) electrons. The van der Waals surface area contributed by atoms with E-state index in [1.165, 1.54) is 7.11 Å². The minimum absolute atomic E-state index is 0.290. The number of methoxy groups -OCH3 is 1. The molecular weight excluding hydrogens is 336 g/mol. The number of rotatable bonds is 1. The Labute approximate surface area is 116 Å². The lowest BCUT2D eigenvalue weighted by molar-refractivity contribution is 0.419. The SMILES string of the molecule is COc1cc(Cl)cc2c(Cl)c(Br)c(Cl)nc12. The van der Waals surface area contributed by atoms with Gasteiger partial charge in [0.25, 0.3) is 0 Å². The fourth-order valence-corrected chi connectivity index (χ4v) is 2.34. The second-order valence-electron chi connectivity index (χ2n) is 3.03. The maximum absolute atomic E-state index is 6.15. The van der Waals surface area contributed by atoms with Crippen LogP contribution in [0.5, 0.6) is 5.75 Å². The molecule has 0 amide bonds. The van der Waals surface area contributed by atoms with Crippen LogP contribution in [0.4, 0.5) is 0 Å². The largest absolute Gasteiger partial charge is 0.494 e. The van der Waals surface area contributed by atoms with Crippen molar-refractivity contribution in [3.63, 3.8) is 0 Å². The van der Waals surface area contributed by atoms with Crippen molar-refractivity contribution in [3.8, 4) is 5.75 Å². The van der Waals surface area contributed by atoms with Crippen LogP contribution in [0.2, 0.25) is 15.2 Å². The van der Waals surface area contributed by atoms with E-state index in [4.69, 9.17) is 39.5 Å². The molecular formula is C10H5BrCl3NO. The number of halogens is 4. The van der Waals surface area contributed by atoms with Crippen LogP contribution >= 0.6 is 50.7 Å². The first-order valence-electron chi connectivity index (χ1n) is 4.22. The number of benzene rings is 1. The molecule has 0 aliphatic carbocycles. The molecule has 0 fully saturated rings. The predicted molar refractivity (Wildman–Crippen MR) is 71.0 cm³/mol. The van der Waals surface area contributed by atoms with Crippen LogP contribution in [0.1, 0.15) is 0 Å². The molecule has 0 N–H and O–H groups in total. The number of pyridine rings is 1. The maximum Gasteiger partial charge on any atom is 0.146 e. The van der Waals surface area contributed by atoms with Gasteiger partial charge < -0.3 is 4.74 Å². The Bertz CT molecular complexity index is 574. The van der Waals surface area contributed by atoms with Crippen molar-refractivity contribution in [2.24, 2.45) is 0 Å². The van der Waals surface area contributed by atoms with E-state index < -0.39 is 0 Å². The quantitative estimate of drug-likeness (QED) is 0.684. The minimum atomic E-state index is 0.290. The van der Waals surface area contributed by atoms with Gasteiger partial charge in [-0.25, -0.2) is 4.98 Å². The van der Waals surface area contributed by atoms with Gasteiger partial charge in [-0.15, -0.1) is 0 Å². The predicted octanol–water partition coefficient (Wildman–Crippen LogP) is 4.97. The van der Waals surface area contributed by atoms with Crippen LogP contribution in [-0.2, 0) is 0 Å². The highest BCUT2D eigenvalue weighted by Crippen LogP contribution is 2.39. The summed E-state index contributed by atoms with van der Waals surface area (Å²) in [5.74, 6) is 0.541. The summed E-state index contributed by atoms with van der Waals surface area (Å²) in [5, 5.41) is 1.98. The summed E-state index contributed by atoms with van der Waals surface area (Å²) < 4.78 is 5.73. The molecule has 0 saturated carbocycles. The molecule has 0 atom stereocenters. The second kappa shape index (κ2) is 4.57. The molecule has 16 heavy (non-hydrogen) atoms. The molecule has 84 valence electrons. The van der Waals surface area contributed by atoms with E-state index in [0.717, 1.165) is 0 Å². The van der Waals surface area contributed by atoms with Gasteiger partial charge in [0.2, 0.25) is 0 Å². The summed E-state index contributed by atoms with van der Waals surface area (Å²) in [7, 11) is 1.54. The first-order valence-corrected chi connectivity index (χ1v) is 6.15. The van der Waals surface area contributed by atoms with Crippen molar-refractivity contribution in [2.45, 2.75) is 0 Å². The summed E-state index contributed by atoms with van der Waals surface area (Å²) >= 11 is 21.3. The Hall–Kier alpha value is -0.220. The van der Waals surface area contributed by atoms with E-state index in [1.807, 2.05) is 0 Å². The second-order valence-corrected chi connectivity index (χ2v) is 5.00. The molecule has 0 bridgehead atoms. The van der Waals surface area contributed by atoms with Crippen LogP contribution in [0.25, 0.3) is 10.9 Å². The minimum Gasteiger partial charge on any atom is -0.494 e. The average Bonchev–Trinajstić information content (AvgIpc) is 2.26. The third-order valence-electron chi connectivity index (χ3n) is 2.08. The van der Waals surface area contributed by atoms with E-state index in [-0.39, 0.29) is 5.15 Å². The summed E-state index contributed by atoms with van der Waals surface area (Å²) in [6.45, 7) is 0. The summed E-state index contributed by atoms with van der Waals surface area (Å²) in [6.07, 6.45) is 0. The molecule has 2 nitrogen and oxygen atoms in total. The molecule has 1 aromatic carbocycles. The van der Waals surface area contributed by atoms with E-state index in [1.54, 1.807) is 12.1 Å². The average molecular weight is 341 g/mol. The monoisotopic (exact) mass is 339 g/mol. The van der Waals surface area contributed by atoms with Crippen LogP contribution in [0, 0.1) is 0 Å². The lowest BCUT2D eigenvalue weighted by Crippen LogP contribution is -1.90. The number of aromatic nitrogens is 1. The van der Waals surface area contributed by atoms with Gasteiger partial charge in [0.05, 0.1) is 16.6 Å². The van der Waals surface area contributed by atoms with Gasteiger partial charge in [0.15, 0.2) is 0 Å². The Balaban J connectivity index is 2.94. The zero-order valence-corrected chi connectivity index (χ0v) is 11.9. The number of ether oxygens (including phenoxy) is 1. The molecule has 2 rings (SSSR count). The van der Waals surface area contributed by atoms with Gasteiger partial charge in [-0.3, -0.25) is 0 Å². The van der Waals surface area contributed by atoms with Gasteiger partial charge in [-0.05, 0) is 22.0 Å². The van der Waals surface area contributed by atoms with Crippen LogP contribution in [0.15, 0.2) is 16.6 Å². The molecule has 0 unspecified atom stereocenters. The zero-order valence-electron chi connectivity index (χ0n) is 8.02. The number of nitrogens with zero attached hydrogens (tertiary/aromatic N) is 1. The van der Waals surface area contributed by atoms with Crippen molar-refractivity contribution in [3.05, 3.63) is 31.8 Å². The number of hydrogen-bond donors (Lipinski definition) is 0. The van der Waals surface area contributed by atoms with Gasteiger partial charge in [-0.1, -0.05) is 34.8 Å². The Kier molecular flexibility index (Phi) is 3.50. The fourth-order valence-electron chi connectivity index (χ4n) is 1.37. The third-order valence-corrected chi connectivity index (χ3v) is 4.19. The lowest BCUT2D eigenvalue weighted by atomic mass is 10.2. The number of fused-ring (bicyclic) bond motifs is 1. The molecule has 0 saturated heterocycles. The molecule has 2 aromatic rings. The van der Waals surface area contributed by atoms with Gasteiger partial charge in [0, 0.05) is 16.5 Å². The lowest BCUT2D eigenvalue weighted by Gasteiger charge is -2.09. The first kappa shape index (κ1) is 12.2.